The largest absolute Gasteiger partial charge is 0.377 e. The molecule has 7 heteroatoms. The Morgan fingerprint density at radius 3 is 2.91 bits per heavy atom. The molecule has 0 radical (unpaired) electrons. The average molecular weight is 382 g/mol. The van der Waals surface area contributed by atoms with E-state index in [4.69, 9.17) is 4.74 Å². The molecule has 2 unspecified atom stereocenters. The van der Waals surface area contributed by atoms with Gasteiger partial charge in [-0.05, 0) is 34.2 Å². The quantitative estimate of drug-likeness (QED) is 0.882. The van der Waals surface area contributed by atoms with Gasteiger partial charge in [-0.2, -0.15) is 5.10 Å². The molecule has 2 atom stereocenters. The molecule has 3 heterocycles. The summed E-state index contributed by atoms with van der Waals surface area (Å²) >= 11 is 3.50. The average Bonchev–Trinajstić information content (AvgIpc) is 2.80. The van der Waals surface area contributed by atoms with Crippen LogP contribution in [0, 0.1) is 11.3 Å². The SMILES string of the molecule is Cn1nc(Br)c2c(NCC3CCCOC3C(C)(C)C)ncnc21. The molecule has 1 aliphatic heterocycles. The van der Waals surface area contributed by atoms with Crippen LogP contribution in [0.15, 0.2) is 10.9 Å². The van der Waals surface area contributed by atoms with Crippen molar-refractivity contribution in [3.8, 4) is 0 Å². The summed E-state index contributed by atoms with van der Waals surface area (Å²) in [6.07, 6.45) is 4.14. The van der Waals surface area contributed by atoms with Crippen molar-refractivity contribution in [1.82, 2.24) is 19.7 Å². The van der Waals surface area contributed by atoms with Crippen LogP contribution < -0.4 is 5.32 Å². The molecule has 6 nitrogen and oxygen atoms in total. The Morgan fingerprint density at radius 1 is 1.39 bits per heavy atom. The second-order valence-corrected chi connectivity index (χ2v) is 8.03. The Bertz CT molecular complexity index is 694. The maximum Gasteiger partial charge on any atom is 0.164 e. The van der Waals surface area contributed by atoms with Crippen LogP contribution in [0.2, 0.25) is 0 Å². The van der Waals surface area contributed by atoms with Crippen molar-refractivity contribution in [2.24, 2.45) is 18.4 Å². The summed E-state index contributed by atoms with van der Waals surface area (Å²) in [4.78, 5) is 8.71. The van der Waals surface area contributed by atoms with E-state index in [1.54, 1.807) is 11.0 Å². The molecule has 2 aromatic heterocycles. The number of halogens is 1. The predicted octanol–water partition coefficient (Wildman–Crippen LogP) is 3.38. The van der Waals surface area contributed by atoms with Gasteiger partial charge in [0.1, 0.15) is 16.7 Å². The number of aromatic nitrogens is 4. The van der Waals surface area contributed by atoms with Gasteiger partial charge in [-0.1, -0.05) is 20.8 Å². The van der Waals surface area contributed by atoms with Gasteiger partial charge in [-0.3, -0.25) is 0 Å². The molecule has 1 N–H and O–H groups in total. The van der Waals surface area contributed by atoms with Gasteiger partial charge in [-0.15, -0.1) is 0 Å². The zero-order chi connectivity index (χ0) is 16.6. The number of anilines is 1. The highest BCUT2D eigenvalue weighted by Gasteiger charge is 2.35. The third kappa shape index (κ3) is 3.35. The van der Waals surface area contributed by atoms with Crippen LogP contribution in [0.1, 0.15) is 33.6 Å². The van der Waals surface area contributed by atoms with Crippen LogP contribution in [-0.2, 0) is 11.8 Å². The maximum atomic E-state index is 6.06. The first-order valence-corrected chi connectivity index (χ1v) is 8.86. The van der Waals surface area contributed by atoms with Crippen molar-refractivity contribution in [2.75, 3.05) is 18.5 Å². The van der Waals surface area contributed by atoms with Crippen molar-refractivity contribution in [2.45, 2.75) is 39.7 Å². The Labute approximate surface area is 145 Å². The monoisotopic (exact) mass is 381 g/mol. The summed E-state index contributed by atoms with van der Waals surface area (Å²) in [5, 5.41) is 8.79. The van der Waals surface area contributed by atoms with Crippen LogP contribution in [0.3, 0.4) is 0 Å². The lowest BCUT2D eigenvalue weighted by molar-refractivity contribution is -0.0814. The molecule has 0 bridgehead atoms. The smallest absolute Gasteiger partial charge is 0.164 e. The topological polar surface area (TPSA) is 64.9 Å². The van der Waals surface area contributed by atoms with Gasteiger partial charge in [0, 0.05) is 26.1 Å². The molecular formula is C16H24BrN5O. The van der Waals surface area contributed by atoms with Gasteiger partial charge in [0.05, 0.1) is 11.5 Å². The van der Waals surface area contributed by atoms with Gasteiger partial charge in [0.2, 0.25) is 0 Å². The van der Waals surface area contributed by atoms with Gasteiger partial charge in [-0.25, -0.2) is 14.6 Å². The van der Waals surface area contributed by atoms with Crippen LogP contribution in [-0.4, -0.2) is 39.0 Å². The number of nitrogens with one attached hydrogen (secondary N) is 1. The van der Waals surface area contributed by atoms with E-state index in [-0.39, 0.29) is 11.5 Å². The van der Waals surface area contributed by atoms with E-state index in [9.17, 15) is 0 Å². The number of fused-ring (bicyclic) bond motifs is 1. The van der Waals surface area contributed by atoms with E-state index in [1.807, 2.05) is 7.05 Å². The molecule has 2 aromatic rings. The van der Waals surface area contributed by atoms with Crippen molar-refractivity contribution >= 4 is 32.8 Å². The number of rotatable bonds is 3. The van der Waals surface area contributed by atoms with E-state index >= 15 is 0 Å². The molecular weight excluding hydrogens is 358 g/mol. The van der Waals surface area contributed by atoms with E-state index in [0.29, 0.717) is 5.92 Å². The second-order valence-electron chi connectivity index (χ2n) is 7.28. The zero-order valence-corrected chi connectivity index (χ0v) is 15.7. The number of hydrogen-bond donors (Lipinski definition) is 1. The number of nitrogens with zero attached hydrogens (tertiary/aromatic N) is 4. The van der Waals surface area contributed by atoms with Crippen LogP contribution >= 0.6 is 15.9 Å². The lowest BCUT2D eigenvalue weighted by Crippen LogP contribution is -2.42. The minimum atomic E-state index is 0.142. The summed E-state index contributed by atoms with van der Waals surface area (Å²) in [5.41, 5.74) is 0.962. The summed E-state index contributed by atoms with van der Waals surface area (Å²) in [5.74, 6) is 1.30. The first-order valence-electron chi connectivity index (χ1n) is 8.06. The maximum absolute atomic E-state index is 6.06. The van der Waals surface area contributed by atoms with E-state index in [0.717, 1.165) is 41.0 Å². The molecule has 3 rings (SSSR count). The highest BCUT2D eigenvalue weighted by atomic mass is 79.9. The highest BCUT2D eigenvalue weighted by molar-refractivity contribution is 9.10. The first kappa shape index (κ1) is 16.6. The first-order chi connectivity index (χ1) is 10.9. The lowest BCUT2D eigenvalue weighted by atomic mass is 9.78. The molecule has 1 fully saturated rings. The molecule has 0 aliphatic carbocycles. The zero-order valence-electron chi connectivity index (χ0n) is 14.1. The van der Waals surface area contributed by atoms with Gasteiger partial charge in [0.15, 0.2) is 5.65 Å². The summed E-state index contributed by atoms with van der Waals surface area (Å²) in [7, 11) is 1.88. The summed E-state index contributed by atoms with van der Waals surface area (Å²) in [6.45, 7) is 8.45. The van der Waals surface area contributed by atoms with Crippen molar-refractivity contribution in [3.63, 3.8) is 0 Å². The fraction of sp³-hybridized carbons (Fsp3) is 0.688. The fourth-order valence-corrected chi connectivity index (χ4v) is 4.01. The predicted molar refractivity (Wildman–Crippen MR) is 94.4 cm³/mol. The second kappa shape index (κ2) is 6.36. The van der Waals surface area contributed by atoms with Crippen LogP contribution in [0.4, 0.5) is 5.82 Å². The van der Waals surface area contributed by atoms with Crippen molar-refractivity contribution in [3.05, 3.63) is 10.9 Å². The van der Waals surface area contributed by atoms with Gasteiger partial charge < -0.3 is 10.1 Å². The molecule has 1 saturated heterocycles. The normalized spacial score (nSPS) is 22.5. The third-order valence-corrected chi connectivity index (χ3v) is 4.96. The molecule has 0 saturated carbocycles. The molecule has 0 amide bonds. The van der Waals surface area contributed by atoms with Crippen LogP contribution in [0.5, 0.6) is 0 Å². The molecule has 1 aliphatic rings. The summed E-state index contributed by atoms with van der Waals surface area (Å²) in [6, 6.07) is 0. The van der Waals surface area contributed by atoms with E-state index in [2.05, 4.69) is 57.1 Å². The Balaban J connectivity index is 1.80. The minimum absolute atomic E-state index is 0.142. The lowest BCUT2D eigenvalue weighted by Gasteiger charge is -2.40. The molecule has 0 spiro atoms. The third-order valence-electron chi connectivity index (χ3n) is 4.41. The van der Waals surface area contributed by atoms with Gasteiger partial charge in [0.25, 0.3) is 0 Å². The summed E-state index contributed by atoms with van der Waals surface area (Å²) < 4.78 is 8.59. The van der Waals surface area contributed by atoms with Crippen molar-refractivity contribution < 1.29 is 4.74 Å². The Morgan fingerprint density at radius 2 is 2.17 bits per heavy atom. The number of hydrogen-bond acceptors (Lipinski definition) is 5. The van der Waals surface area contributed by atoms with Crippen LogP contribution in [0.25, 0.3) is 11.0 Å². The molecule has 23 heavy (non-hydrogen) atoms. The van der Waals surface area contributed by atoms with Crippen molar-refractivity contribution in [1.29, 1.82) is 0 Å². The van der Waals surface area contributed by atoms with E-state index < -0.39 is 0 Å². The van der Waals surface area contributed by atoms with E-state index in [1.165, 1.54) is 6.42 Å². The standard InChI is InChI=1S/C16H24BrN5O/c1-16(2,3)12-10(6-5-7-23-12)8-18-14-11-13(17)21-22(4)15(11)20-9-19-14/h9-10,12H,5-8H2,1-4H3,(H,18,19,20). The molecule has 0 aromatic carbocycles. The highest BCUT2D eigenvalue weighted by Crippen LogP contribution is 2.34. The Kier molecular flexibility index (Phi) is 4.60. The minimum Gasteiger partial charge on any atom is -0.377 e. The molecule has 126 valence electrons. The number of aryl methyl sites for hydroxylation is 1. The number of ether oxygens (including phenoxy) is 1. The Hall–Kier alpha value is -1.21. The van der Waals surface area contributed by atoms with Gasteiger partial charge >= 0.3 is 0 Å². The fourth-order valence-electron chi connectivity index (χ4n) is 3.41.